The number of nitrogens with zero attached hydrogens (tertiary/aromatic N) is 2. The van der Waals surface area contributed by atoms with Crippen molar-refractivity contribution in [2.45, 2.75) is 0 Å². The number of rotatable bonds is 5. The number of non-ortho nitro benzene ring substituents is 1. The minimum absolute atomic E-state index is 0.0635. The molecular formula is C22H14ClN3O3S. The number of halogens is 1. The number of hydrogen-bond donors (Lipinski definition) is 1. The predicted octanol–water partition coefficient (Wildman–Crippen LogP) is 6.29. The Balaban J connectivity index is 1.54. The molecule has 0 bridgehead atoms. The molecule has 148 valence electrons. The van der Waals surface area contributed by atoms with Crippen molar-refractivity contribution in [3.8, 4) is 21.8 Å². The number of amides is 1. The van der Waals surface area contributed by atoms with E-state index >= 15 is 0 Å². The second-order valence-corrected chi connectivity index (χ2v) is 7.62. The standard InChI is InChI=1S/C22H14ClN3O3S/c23-19-7-2-1-6-18(19)22-25-20(13-30-22)15-4-3-5-16(12-15)24-21(27)14-8-10-17(11-9-14)26(28)29/h1-13H,(H,24,27). The zero-order valence-corrected chi connectivity index (χ0v) is 17.0. The Hall–Kier alpha value is -3.55. The van der Waals surface area contributed by atoms with Gasteiger partial charge in [0.15, 0.2) is 0 Å². The lowest BCUT2D eigenvalue weighted by atomic mass is 10.1. The number of thiazole rings is 1. The summed E-state index contributed by atoms with van der Waals surface area (Å²) in [5.74, 6) is -0.350. The number of hydrogen-bond acceptors (Lipinski definition) is 5. The smallest absolute Gasteiger partial charge is 0.269 e. The Labute approximate surface area is 180 Å². The quantitative estimate of drug-likeness (QED) is 0.295. The van der Waals surface area contributed by atoms with E-state index in [0.717, 1.165) is 21.8 Å². The van der Waals surface area contributed by atoms with Crippen LogP contribution in [0.1, 0.15) is 10.4 Å². The summed E-state index contributed by atoms with van der Waals surface area (Å²) in [4.78, 5) is 27.4. The number of benzene rings is 3. The van der Waals surface area contributed by atoms with Crippen molar-refractivity contribution in [1.82, 2.24) is 4.98 Å². The summed E-state index contributed by atoms with van der Waals surface area (Å²) in [6.45, 7) is 0. The van der Waals surface area contributed by atoms with Crippen LogP contribution < -0.4 is 5.32 Å². The van der Waals surface area contributed by atoms with Gasteiger partial charge in [-0.1, -0.05) is 41.9 Å². The van der Waals surface area contributed by atoms with Gasteiger partial charge in [-0.15, -0.1) is 11.3 Å². The van der Waals surface area contributed by atoms with Gasteiger partial charge >= 0.3 is 0 Å². The molecular weight excluding hydrogens is 422 g/mol. The topological polar surface area (TPSA) is 85.1 Å². The molecule has 30 heavy (non-hydrogen) atoms. The van der Waals surface area contributed by atoms with Crippen molar-refractivity contribution >= 4 is 40.2 Å². The fourth-order valence-electron chi connectivity index (χ4n) is 2.86. The maximum Gasteiger partial charge on any atom is 0.269 e. The molecule has 1 heterocycles. The van der Waals surface area contributed by atoms with Crippen molar-refractivity contribution in [3.05, 3.63) is 98.9 Å². The number of carbonyl (C=O) groups excluding carboxylic acids is 1. The van der Waals surface area contributed by atoms with Crippen LogP contribution in [0.15, 0.2) is 78.2 Å². The average molecular weight is 436 g/mol. The van der Waals surface area contributed by atoms with Gasteiger partial charge in [0.05, 0.1) is 15.6 Å². The van der Waals surface area contributed by atoms with Crippen LogP contribution >= 0.6 is 22.9 Å². The Bertz CT molecular complexity index is 1240. The molecule has 4 aromatic rings. The predicted molar refractivity (Wildman–Crippen MR) is 119 cm³/mol. The molecule has 1 aromatic heterocycles. The average Bonchev–Trinajstić information content (AvgIpc) is 3.24. The SMILES string of the molecule is O=C(Nc1cccc(-c2csc(-c3ccccc3Cl)n2)c1)c1ccc([N+](=O)[O-])cc1. The number of carbonyl (C=O) groups is 1. The summed E-state index contributed by atoms with van der Waals surface area (Å²) in [5.41, 5.74) is 3.38. The molecule has 0 saturated heterocycles. The first-order valence-corrected chi connectivity index (χ1v) is 10.1. The van der Waals surface area contributed by atoms with Gasteiger partial charge < -0.3 is 5.32 Å². The summed E-state index contributed by atoms with van der Waals surface area (Å²) in [6, 6.07) is 20.3. The number of anilines is 1. The Morgan fingerprint density at radius 2 is 1.80 bits per heavy atom. The normalized spacial score (nSPS) is 10.6. The van der Waals surface area contributed by atoms with Crippen LogP contribution in [0.2, 0.25) is 5.02 Å². The number of nitro groups is 1. The molecule has 1 N–H and O–H groups in total. The van der Waals surface area contributed by atoms with Crippen LogP contribution in [0.25, 0.3) is 21.8 Å². The van der Waals surface area contributed by atoms with E-state index in [4.69, 9.17) is 11.6 Å². The maximum absolute atomic E-state index is 12.5. The lowest BCUT2D eigenvalue weighted by Crippen LogP contribution is -2.11. The van der Waals surface area contributed by atoms with E-state index in [9.17, 15) is 14.9 Å². The third-order valence-corrected chi connectivity index (χ3v) is 5.57. The fraction of sp³-hybridized carbons (Fsp3) is 0. The fourth-order valence-corrected chi connectivity index (χ4v) is 4.01. The van der Waals surface area contributed by atoms with Crippen LogP contribution in [-0.4, -0.2) is 15.8 Å². The molecule has 6 nitrogen and oxygen atoms in total. The van der Waals surface area contributed by atoms with Crippen molar-refractivity contribution in [1.29, 1.82) is 0 Å². The molecule has 4 rings (SSSR count). The molecule has 0 fully saturated rings. The first kappa shape index (κ1) is 19.8. The van der Waals surface area contributed by atoms with E-state index in [0.29, 0.717) is 16.3 Å². The molecule has 8 heteroatoms. The molecule has 3 aromatic carbocycles. The molecule has 0 aliphatic rings. The van der Waals surface area contributed by atoms with Crippen molar-refractivity contribution < 1.29 is 9.72 Å². The van der Waals surface area contributed by atoms with Crippen LogP contribution in [0.3, 0.4) is 0 Å². The molecule has 0 radical (unpaired) electrons. The van der Waals surface area contributed by atoms with Crippen LogP contribution in [-0.2, 0) is 0 Å². The molecule has 0 aliphatic heterocycles. The molecule has 0 spiro atoms. The second-order valence-electron chi connectivity index (χ2n) is 6.36. The van der Waals surface area contributed by atoms with Gasteiger partial charge in [0.1, 0.15) is 5.01 Å². The summed E-state index contributed by atoms with van der Waals surface area (Å²) in [6.07, 6.45) is 0. The summed E-state index contributed by atoms with van der Waals surface area (Å²) in [7, 11) is 0. The first-order chi connectivity index (χ1) is 14.5. The highest BCUT2D eigenvalue weighted by Gasteiger charge is 2.12. The van der Waals surface area contributed by atoms with E-state index in [1.165, 1.54) is 35.6 Å². The molecule has 0 saturated carbocycles. The van der Waals surface area contributed by atoms with E-state index in [1.807, 2.05) is 47.8 Å². The first-order valence-electron chi connectivity index (χ1n) is 8.88. The van der Waals surface area contributed by atoms with E-state index < -0.39 is 4.92 Å². The number of nitrogens with one attached hydrogen (secondary N) is 1. The zero-order chi connectivity index (χ0) is 21.1. The Morgan fingerprint density at radius 1 is 1.03 bits per heavy atom. The molecule has 0 atom stereocenters. The monoisotopic (exact) mass is 435 g/mol. The van der Waals surface area contributed by atoms with Gasteiger partial charge in [-0.2, -0.15) is 0 Å². The van der Waals surface area contributed by atoms with Crippen LogP contribution in [0.5, 0.6) is 0 Å². The molecule has 1 amide bonds. The van der Waals surface area contributed by atoms with Crippen molar-refractivity contribution in [2.24, 2.45) is 0 Å². The maximum atomic E-state index is 12.5. The highest BCUT2D eigenvalue weighted by atomic mass is 35.5. The highest BCUT2D eigenvalue weighted by Crippen LogP contribution is 2.33. The number of nitro benzene ring substituents is 1. The molecule has 0 aliphatic carbocycles. The largest absolute Gasteiger partial charge is 0.322 e. The van der Waals surface area contributed by atoms with Gasteiger partial charge in [0.25, 0.3) is 11.6 Å². The Kier molecular flexibility index (Phi) is 5.56. The third kappa shape index (κ3) is 4.22. The van der Waals surface area contributed by atoms with Crippen molar-refractivity contribution in [3.63, 3.8) is 0 Å². The second kappa shape index (κ2) is 8.44. The van der Waals surface area contributed by atoms with Crippen molar-refractivity contribution in [2.75, 3.05) is 5.32 Å². The van der Waals surface area contributed by atoms with Gasteiger partial charge in [0.2, 0.25) is 0 Å². The minimum atomic E-state index is -0.504. The van der Waals surface area contributed by atoms with Crippen LogP contribution in [0.4, 0.5) is 11.4 Å². The van der Waals surface area contributed by atoms with E-state index in [-0.39, 0.29) is 11.6 Å². The van der Waals surface area contributed by atoms with Gasteiger partial charge in [0, 0.05) is 39.9 Å². The third-order valence-electron chi connectivity index (χ3n) is 4.36. The lowest BCUT2D eigenvalue weighted by Gasteiger charge is -2.07. The summed E-state index contributed by atoms with van der Waals surface area (Å²) >= 11 is 7.76. The van der Waals surface area contributed by atoms with Gasteiger partial charge in [-0.3, -0.25) is 14.9 Å². The highest BCUT2D eigenvalue weighted by molar-refractivity contribution is 7.13. The summed E-state index contributed by atoms with van der Waals surface area (Å²) in [5, 5.41) is 17.0. The zero-order valence-electron chi connectivity index (χ0n) is 15.4. The number of aromatic nitrogens is 1. The van der Waals surface area contributed by atoms with Gasteiger partial charge in [-0.05, 0) is 30.3 Å². The summed E-state index contributed by atoms with van der Waals surface area (Å²) < 4.78 is 0. The van der Waals surface area contributed by atoms with E-state index in [2.05, 4.69) is 10.3 Å². The molecule has 0 unspecified atom stereocenters. The van der Waals surface area contributed by atoms with Gasteiger partial charge in [-0.25, -0.2) is 4.98 Å². The van der Waals surface area contributed by atoms with E-state index in [1.54, 1.807) is 6.07 Å². The Morgan fingerprint density at radius 3 is 2.53 bits per heavy atom. The lowest BCUT2D eigenvalue weighted by molar-refractivity contribution is -0.384. The van der Waals surface area contributed by atoms with Crippen LogP contribution in [0, 0.1) is 10.1 Å². The minimum Gasteiger partial charge on any atom is -0.322 e.